The number of halogens is 6. The van der Waals surface area contributed by atoms with Crippen molar-refractivity contribution in [2.75, 3.05) is 41.9 Å². The quantitative estimate of drug-likeness (QED) is 0.252. The van der Waals surface area contributed by atoms with Crippen LogP contribution in [0.15, 0.2) is 36.5 Å². The summed E-state index contributed by atoms with van der Waals surface area (Å²) in [7, 11) is 1.46. The fourth-order valence-corrected chi connectivity index (χ4v) is 5.93. The Hall–Kier alpha value is -4.30. The Morgan fingerprint density at radius 1 is 0.978 bits per heavy atom. The molecule has 0 saturated carbocycles. The highest BCUT2D eigenvalue weighted by Crippen LogP contribution is 2.41. The molecule has 2 aromatic heterocycles. The molecule has 0 unspecified atom stereocenters. The van der Waals surface area contributed by atoms with Gasteiger partial charge in [0.2, 0.25) is 11.8 Å². The van der Waals surface area contributed by atoms with E-state index in [-0.39, 0.29) is 42.3 Å². The standard InChI is InChI=1S/C31H34F6N6O3/c1-4-21-16-23(27-24(8-9-26(41-27)45-3)43(21)29(44)46-5-2)40-28-38-17-25(42-10-6-7-11-42)22(39-28)14-18-12-19(30(32,33)34)15-20(13-18)31(35,36)37/h8-9,12-13,15,17,21,23H,4-7,10-11,14,16H2,1-3H3,(H,38,39,40)/t21-,23+/m1/s1. The first kappa shape index (κ1) is 33.1. The minimum Gasteiger partial charge on any atom is -0.481 e. The number of aromatic nitrogens is 3. The lowest BCUT2D eigenvalue weighted by atomic mass is 9.93. The van der Waals surface area contributed by atoms with Crippen LogP contribution in [0.4, 0.5) is 48.5 Å². The van der Waals surface area contributed by atoms with Crippen LogP contribution in [0.25, 0.3) is 0 Å². The summed E-state index contributed by atoms with van der Waals surface area (Å²) >= 11 is 0. The van der Waals surface area contributed by atoms with Crippen LogP contribution in [-0.2, 0) is 23.5 Å². The van der Waals surface area contributed by atoms with Crippen LogP contribution in [-0.4, -0.2) is 53.9 Å². The van der Waals surface area contributed by atoms with Crippen molar-refractivity contribution in [3.63, 3.8) is 0 Å². The molecule has 0 bridgehead atoms. The number of nitrogens with zero attached hydrogens (tertiary/aromatic N) is 5. The second-order valence-electron chi connectivity index (χ2n) is 11.1. The molecule has 2 atom stereocenters. The predicted octanol–water partition coefficient (Wildman–Crippen LogP) is 7.41. The number of carbonyl (C=O) groups excluding carboxylic acids is 1. The second-order valence-corrected chi connectivity index (χ2v) is 11.1. The summed E-state index contributed by atoms with van der Waals surface area (Å²) in [6.45, 7) is 5.13. The smallest absolute Gasteiger partial charge is 0.416 e. The summed E-state index contributed by atoms with van der Waals surface area (Å²) in [4.78, 5) is 30.2. The first-order valence-electron chi connectivity index (χ1n) is 15.0. The van der Waals surface area contributed by atoms with E-state index in [4.69, 9.17) is 9.47 Å². The van der Waals surface area contributed by atoms with E-state index in [1.54, 1.807) is 30.2 Å². The average molecular weight is 653 g/mol. The zero-order chi connectivity index (χ0) is 33.2. The van der Waals surface area contributed by atoms with Gasteiger partial charge in [0.25, 0.3) is 0 Å². The molecule has 2 aliphatic rings. The van der Waals surface area contributed by atoms with Crippen LogP contribution < -0.4 is 19.9 Å². The van der Waals surface area contributed by atoms with Gasteiger partial charge in [0.05, 0.1) is 59.8 Å². The Labute approximate surface area is 261 Å². The van der Waals surface area contributed by atoms with Gasteiger partial charge in [-0.05, 0) is 62.4 Å². The van der Waals surface area contributed by atoms with E-state index >= 15 is 0 Å². The average Bonchev–Trinajstić information content (AvgIpc) is 3.55. The van der Waals surface area contributed by atoms with Gasteiger partial charge in [0.15, 0.2) is 0 Å². The number of carbonyl (C=O) groups is 1. The highest BCUT2D eigenvalue weighted by molar-refractivity contribution is 5.90. The van der Waals surface area contributed by atoms with E-state index in [9.17, 15) is 31.1 Å². The number of ether oxygens (including phenoxy) is 2. The van der Waals surface area contributed by atoms with Gasteiger partial charge in [0, 0.05) is 31.6 Å². The van der Waals surface area contributed by atoms with Crippen molar-refractivity contribution in [3.8, 4) is 5.88 Å². The maximum atomic E-state index is 13.6. The summed E-state index contributed by atoms with van der Waals surface area (Å²) < 4.78 is 92.4. The molecule has 2 aliphatic heterocycles. The number of benzene rings is 1. The van der Waals surface area contributed by atoms with Crippen LogP contribution in [0, 0.1) is 0 Å². The van der Waals surface area contributed by atoms with Crippen LogP contribution in [0.1, 0.15) is 73.7 Å². The summed E-state index contributed by atoms with van der Waals surface area (Å²) in [5.41, 5.74) is -1.16. The molecule has 5 rings (SSSR count). The summed E-state index contributed by atoms with van der Waals surface area (Å²) in [5, 5.41) is 3.26. The number of rotatable bonds is 8. The number of pyridine rings is 1. The van der Waals surface area contributed by atoms with Gasteiger partial charge < -0.3 is 19.7 Å². The molecule has 9 nitrogen and oxygen atoms in total. The molecule has 1 amide bonds. The van der Waals surface area contributed by atoms with Crippen LogP contribution in [0.5, 0.6) is 5.88 Å². The molecule has 248 valence electrons. The van der Waals surface area contributed by atoms with Crippen molar-refractivity contribution in [1.29, 1.82) is 0 Å². The van der Waals surface area contributed by atoms with Gasteiger partial charge in [-0.25, -0.2) is 19.7 Å². The predicted molar refractivity (Wildman–Crippen MR) is 158 cm³/mol. The summed E-state index contributed by atoms with van der Waals surface area (Å²) in [5.74, 6) is 0.418. The molecular formula is C31H34F6N6O3. The third-order valence-corrected chi connectivity index (χ3v) is 8.10. The summed E-state index contributed by atoms with van der Waals surface area (Å²) in [6.07, 6.45) is -6.49. The SMILES string of the molecule is CCOC(=O)N1c2ccc(OC)nc2[C@@H](Nc2ncc(N3CCCC3)c(Cc3cc(C(F)(F)F)cc(C(F)(F)F)c3)n2)C[C@H]1CC. The Morgan fingerprint density at radius 2 is 1.65 bits per heavy atom. The number of nitrogens with one attached hydrogen (secondary N) is 1. The zero-order valence-corrected chi connectivity index (χ0v) is 25.5. The number of hydrogen-bond donors (Lipinski definition) is 1. The van der Waals surface area contributed by atoms with Gasteiger partial charge in [-0.3, -0.25) is 4.90 Å². The van der Waals surface area contributed by atoms with E-state index in [1.165, 1.54) is 7.11 Å². The van der Waals surface area contributed by atoms with Crippen molar-refractivity contribution in [3.05, 3.63) is 64.6 Å². The Balaban J connectivity index is 1.54. The molecule has 0 radical (unpaired) electrons. The molecule has 46 heavy (non-hydrogen) atoms. The van der Waals surface area contributed by atoms with Crippen molar-refractivity contribution in [1.82, 2.24) is 15.0 Å². The minimum absolute atomic E-state index is 0.112. The second kappa shape index (κ2) is 13.2. The Kier molecular flexibility index (Phi) is 9.49. The fourth-order valence-electron chi connectivity index (χ4n) is 5.93. The molecule has 15 heteroatoms. The van der Waals surface area contributed by atoms with E-state index in [1.807, 2.05) is 11.8 Å². The van der Waals surface area contributed by atoms with Crippen LogP contribution >= 0.6 is 0 Å². The van der Waals surface area contributed by atoms with Crippen molar-refractivity contribution >= 4 is 23.4 Å². The molecule has 1 fully saturated rings. The third kappa shape index (κ3) is 7.07. The maximum absolute atomic E-state index is 13.6. The van der Waals surface area contributed by atoms with Crippen LogP contribution in [0.2, 0.25) is 0 Å². The van der Waals surface area contributed by atoms with E-state index in [0.717, 1.165) is 25.0 Å². The van der Waals surface area contributed by atoms with Gasteiger partial charge in [-0.15, -0.1) is 0 Å². The topological polar surface area (TPSA) is 92.7 Å². The highest BCUT2D eigenvalue weighted by atomic mass is 19.4. The monoisotopic (exact) mass is 652 g/mol. The Morgan fingerprint density at radius 3 is 2.24 bits per heavy atom. The lowest BCUT2D eigenvalue weighted by Crippen LogP contribution is -2.46. The summed E-state index contributed by atoms with van der Waals surface area (Å²) in [6, 6.07) is 4.10. The van der Waals surface area contributed by atoms with Gasteiger partial charge in [-0.2, -0.15) is 26.3 Å². The molecule has 3 aromatic rings. The normalized spacial score (nSPS) is 18.4. The Bertz CT molecular complexity index is 1530. The molecule has 1 saturated heterocycles. The molecule has 4 heterocycles. The largest absolute Gasteiger partial charge is 0.481 e. The van der Waals surface area contributed by atoms with Gasteiger partial charge in [0.1, 0.15) is 0 Å². The highest BCUT2D eigenvalue weighted by Gasteiger charge is 2.39. The zero-order valence-electron chi connectivity index (χ0n) is 25.5. The fraction of sp³-hybridized carbons (Fsp3) is 0.484. The number of anilines is 3. The van der Waals surface area contributed by atoms with E-state index in [2.05, 4.69) is 20.3 Å². The van der Waals surface area contributed by atoms with Crippen molar-refractivity contribution in [2.24, 2.45) is 0 Å². The van der Waals surface area contributed by atoms with Gasteiger partial charge >= 0.3 is 18.4 Å². The number of amides is 1. The molecule has 0 spiro atoms. The lowest BCUT2D eigenvalue weighted by Gasteiger charge is -2.39. The molecular weight excluding hydrogens is 618 g/mol. The van der Waals surface area contributed by atoms with E-state index in [0.29, 0.717) is 48.9 Å². The number of fused-ring (bicyclic) bond motifs is 1. The number of alkyl halides is 6. The van der Waals surface area contributed by atoms with Crippen molar-refractivity contribution in [2.45, 2.75) is 70.4 Å². The number of methoxy groups -OCH3 is 1. The maximum Gasteiger partial charge on any atom is 0.416 e. The first-order chi connectivity index (χ1) is 21.8. The molecule has 0 aliphatic carbocycles. The lowest BCUT2D eigenvalue weighted by molar-refractivity contribution is -0.143. The third-order valence-electron chi connectivity index (χ3n) is 8.10. The van der Waals surface area contributed by atoms with Crippen molar-refractivity contribution < 1.29 is 40.6 Å². The molecule has 1 N–H and O–H groups in total. The molecule has 1 aromatic carbocycles. The number of hydrogen-bond acceptors (Lipinski definition) is 8. The first-order valence-corrected chi connectivity index (χ1v) is 15.0. The minimum atomic E-state index is -4.97. The van der Waals surface area contributed by atoms with Gasteiger partial charge in [-0.1, -0.05) is 6.92 Å². The van der Waals surface area contributed by atoms with Crippen LogP contribution in [0.3, 0.4) is 0 Å². The van der Waals surface area contributed by atoms with E-state index < -0.39 is 35.6 Å².